The van der Waals surface area contributed by atoms with Crippen LogP contribution in [0.15, 0.2) is 5.38 Å². The lowest BCUT2D eigenvalue weighted by Crippen LogP contribution is -2.65. The fourth-order valence-electron chi connectivity index (χ4n) is 2.49. The number of carbonyl (C=O) groups is 3. The van der Waals surface area contributed by atoms with E-state index < -0.39 is 17.4 Å². The Labute approximate surface area is 113 Å². The summed E-state index contributed by atoms with van der Waals surface area (Å²) in [5.74, 6) is -0.822. The highest BCUT2D eigenvalue weighted by Gasteiger charge is 2.57. The molecule has 0 unspecified atom stereocenters. The molecule has 3 rings (SSSR count). The predicted octanol–water partition coefficient (Wildman–Crippen LogP) is 1.20. The van der Waals surface area contributed by atoms with Crippen molar-refractivity contribution in [1.29, 1.82) is 0 Å². The normalized spacial score (nSPS) is 21.5. The number of hydrogen-bond acceptors (Lipinski definition) is 5. The SMILES string of the molecule is Cc1nc(CN2C(=O)NC(=O)C3(CCC3)C2=O)cs1. The maximum absolute atomic E-state index is 12.4. The van der Waals surface area contributed by atoms with Gasteiger partial charge >= 0.3 is 6.03 Å². The quantitative estimate of drug-likeness (QED) is 0.825. The maximum atomic E-state index is 12.4. The van der Waals surface area contributed by atoms with Gasteiger partial charge in [-0.25, -0.2) is 9.78 Å². The third kappa shape index (κ3) is 1.76. The summed E-state index contributed by atoms with van der Waals surface area (Å²) in [5, 5.41) is 4.99. The van der Waals surface area contributed by atoms with Gasteiger partial charge in [0.25, 0.3) is 0 Å². The molecule has 1 aromatic rings. The lowest BCUT2D eigenvalue weighted by atomic mass is 9.66. The lowest BCUT2D eigenvalue weighted by Gasteiger charge is -2.44. The van der Waals surface area contributed by atoms with Crippen molar-refractivity contribution in [3.05, 3.63) is 16.1 Å². The molecule has 0 atom stereocenters. The van der Waals surface area contributed by atoms with E-state index in [0.29, 0.717) is 18.5 Å². The van der Waals surface area contributed by atoms with Crippen molar-refractivity contribution in [2.75, 3.05) is 0 Å². The second-order valence-corrected chi connectivity index (χ2v) is 6.01. The van der Waals surface area contributed by atoms with Crippen LogP contribution in [0.5, 0.6) is 0 Å². The average molecular weight is 279 g/mol. The molecular weight excluding hydrogens is 266 g/mol. The zero-order chi connectivity index (χ0) is 13.6. The summed E-state index contributed by atoms with van der Waals surface area (Å²) >= 11 is 1.47. The molecule has 2 aliphatic rings. The van der Waals surface area contributed by atoms with Crippen LogP contribution in [-0.4, -0.2) is 27.7 Å². The van der Waals surface area contributed by atoms with Crippen molar-refractivity contribution < 1.29 is 14.4 Å². The third-order valence-corrected chi connectivity index (χ3v) is 4.57. The molecule has 19 heavy (non-hydrogen) atoms. The molecule has 6 nitrogen and oxygen atoms in total. The molecule has 4 amide bonds. The third-order valence-electron chi connectivity index (χ3n) is 3.75. The van der Waals surface area contributed by atoms with Crippen molar-refractivity contribution in [1.82, 2.24) is 15.2 Å². The Morgan fingerprint density at radius 3 is 2.68 bits per heavy atom. The molecule has 2 fully saturated rings. The van der Waals surface area contributed by atoms with Gasteiger partial charge in [-0.2, -0.15) is 0 Å². The number of aromatic nitrogens is 1. The summed E-state index contributed by atoms with van der Waals surface area (Å²) in [6.07, 6.45) is 1.89. The van der Waals surface area contributed by atoms with Crippen molar-refractivity contribution in [3.63, 3.8) is 0 Å². The number of nitrogens with one attached hydrogen (secondary N) is 1. The first-order valence-corrected chi connectivity index (χ1v) is 6.99. The van der Waals surface area contributed by atoms with E-state index in [1.54, 1.807) is 0 Å². The van der Waals surface area contributed by atoms with E-state index in [1.807, 2.05) is 12.3 Å². The van der Waals surface area contributed by atoms with Gasteiger partial charge in [0.2, 0.25) is 11.8 Å². The van der Waals surface area contributed by atoms with E-state index in [1.165, 1.54) is 11.3 Å². The Kier molecular flexibility index (Phi) is 2.67. The number of amides is 4. The Morgan fingerprint density at radius 2 is 2.16 bits per heavy atom. The van der Waals surface area contributed by atoms with Crippen LogP contribution < -0.4 is 5.32 Å². The number of aryl methyl sites for hydroxylation is 1. The molecule has 1 aliphatic heterocycles. The molecule has 1 aliphatic carbocycles. The predicted molar refractivity (Wildman–Crippen MR) is 67.2 cm³/mol. The maximum Gasteiger partial charge on any atom is 0.331 e. The average Bonchev–Trinajstić information content (AvgIpc) is 2.68. The number of carbonyl (C=O) groups excluding carboxylic acids is 3. The molecular formula is C12H13N3O3S. The monoisotopic (exact) mass is 279 g/mol. The van der Waals surface area contributed by atoms with Crippen LogP contribution in [0.25, 0.3) is 0 Å². The molecule has 1 saturated heterocycles. The fourth-order valence-corrected chi connectivity index (χ4v) is 3.09. The van der Waals surface area contributed by atoms with Crippen molar-refractivity contribution >= 4 is 29.2 Å². The number of imide groups is 2. The summed E-state index contributed by atoms with van der Waals surface area (Å²) < 4.78 is 0. The first-order chi connectivity index (χ1) is 9.03. The molecule has 0 radical (unpaired) electrons. The van der Waals surface area contributed by atoms with Gasteiger partial charge in [-0.05, 0) is 19.8 Å². The summed E-state index contributed by atoms with van der Waals surface area (Å²) in [6.45, 7) is 1.99. The number of rotatable bonds is 2. The van der Waals surface area contributed by atoms with Gasteiger partial charge in [0.1, 0.15) is 5.41 Å². The highest BCUT2D eigenvalue weighted by Crippen LogP contribution is 2.44. The van der Waals surface area contributed by atoms with Crippen LogP contribution in [0.4, 0.5) is 4.79 Å². The van der Waals surface area contributed by atoms with Crippen LogP contribution >= 0.6 is 11.3 Å². The molecule has 0 bridgehead atoms. The Morgan fingerprint density at radius 1 is 1.42 bits per heavy atom. The van der Waals surface area contributed by atoms with Gasteiger partial charge in [0.05, 0.1) is 17.2 Å². The van der Waals surface area contributed by atoms with Crippen LogP contribution in [0, 0.1) is 12.3 Å². The minimum Gasteiger partial charge on any atom is -0.277 e. The highest BCUT2D eigenvalue weighted by molar-refractivity contribution is 7.09. The molecule has 1 saturated carbocycles. The van der Waals surface area contributed by atoms with Gasteiger partial charge in [0.15, 0.2) is 0 Å². The summed E-state index contributed by atoms with van der Waals surface area (Å²) in [4.78, 5) is 41.4. The summed E-state index contributed by atoms with van der Waals surface area (Å²) in [5.41, 5.74) is -0.325. The minimum atomic E-state index is -1.00. The van der Waals surface area contributed by atoms with Crippen LogP contribution in [0.1, 0.15) is 30.0 Å². The highest BCUT2D eigenvalue weighted by atomic mass is 32.1. The first-order valence-electron chi connectivity index (χ1n) is 6.11. The van der Waals surface area contributed by atoms with Crippen LogP contribution in [0.2, 0.25) is 0 Å². The fraction of sp³-hybridized carbons (Fsp3) is 0.500. The molecule has 7 heteroatoms. The molecule has 100 valence electrons. The van der Waals surface area contributed by atoms with Gasteiger partial charge in [-0.3, -0.25) is 19.8 Å². The van der Waals surface area contributed by atoms with E-state index in [4.69, 9.17) is 0 Å². The van der Waals surface area contributed by atoms with Crippen molar-refractivity contribution in [2.24, 2.45) is 5.41 Å². The second-order valence-electron chi connectivity index (χ2n) is 4.94. The standard InChI is InChI=1S/C12H13N3O3S/c1-7-13-8(6-19-7)5-15-10(17)12(3-2-4-12)9(16)14-11(15)18/h6H,2-5H2,1H3,(H,14,16,18). The molecule has 0 aromatic carbocycles. The van der Waals surface area contributed by atoms with E-state index in [0.717, 1.165) is 16.3 Å². The van der Waals surface area contributed by atoms with E-state index in [9.17, 15) is 14.4 Å². The number of thiazole rings is 1. The Balaban J connectivity index is 1.85. The largest absolute Gasteiger partial charge is 0.331 e. The Hall–Kier alpha value is -1.76. The second kappa shape index (κ2) is 4.12. The molecule has 1 N–H and O–H groups in total. The van der Waals surface area contributed by atoms with Crippen LogP contribution in [0.3, 0.4) is 0 Å². The van der Waals surface area contributed by atoms with Gasteiger partial charge < -0.3 is 0 Å². The topological polar surface area (TPSA) is 79.4 Å². The van der Waals surface area contributed by atoms with Gasteiger partial charge in [-0.1, -0.05) is 6.42 Å². The number of nitrogens with zero attached hydrogens (tertiary/aromatic N) is 2. The van der Waals surface area contributed by atoms with E-state index in [2.05, 4.69) is 10.3 Å². The molecule has 1 aromatic heterocycles. The number of urea groups is 1. The van der Waals surface area contributed by atoms with Crippen LogP contribution in [-0.2, 0) is 16.1 Å². The van der Waals surface area contributed by atoms with E-state index >= 15 is 0 Å². The Bertz CT molecular complexity index is 577. The lowest BCUT2D eigenvalue weighted by molar-refractivity contribution is -0.158. The van der Waals surface area contributed by atoms with E-state index in [-0.39, 0.29) is 12.5 Å². The molecule has 1 spiro atoms. The zero-order valence-corrected chi connectivity index (χ0v) is 11.2. The summed E-state index contributed by atoms with van der Waals surface area (Å²) in [7, 11) is 0. The number of hydrogen-bond donors (Lipinski definition) is 1. The zero-order valence-electron chi connectivity index (χ0n) is 10.4. The first kappa shape index (κ1) is 12.3. The summed E-state index contributed by atoms with van der Waals surface area (Å²) in [6, 6.07) is -0.641. The van der Waals surface area contributed by atoms with Crippen molar-refractivity contribution in [3.8, 4) is 0 Å². The smallest absolute Gasteiger partial charge is 0.277 e. The number of barbiturate groups is 1. The van der Waals surface area contributed by atoms with Crippen molar-refractivity contribution in [2.45, 2.75) is 32.7 Å². The van der Waals surface area contributed by atoms with Gasteiger partial charge in [0, 0.05) is 5.38 Å². The van der Waals surface area contributed by atoms with Gasteiger partial charge in [-0.15, -0.1) is 11.3 Å². The minimum absolute atomic E-state index is 0.129. The molecule has 2 heterocycles.